The third kappa shape index (κ3) is 3.35. The highest BCUT2D eigenvalue weighted by Gasteiger charge is 2.25. The molecule has 0 spiro atoms. The summed E-state index contributed by atoms with van der Waals surface area (Å²) in [4.78, 5) is 11.9. The second-order valence-electron chi connectivity index (χ2n) is 4.39. The van der Waals surface area contributed by atoms with Crippen LogP contribution >= 0.6 is 11.6 Å². The van der Waals surface area contributed by atoms with Crippen LogP contribution in [-0.4, -0.2) is 19.6 Å². The fourth-order valence-corrected chi connectivity index (χ4v) is 1.39. The molecule has 0 aromatic heterocycles. The number of hydrogen-bond acceptors (Lipinski definition) is 3. The zero-order valence-electron chi connectivity index (χ0n) is 10.2. The molecule has 5 heteroatoms. The predicted molar refractivity (Wildman–Crippen MR) is 69.5 cm³/mol. The first kappa shape index (κ1) is 13.8. The standard InChI is InChI=1S/C12H17ClN2O2/c1-12(2,7-14)11(16)15-8-4-5-10(17-3)9(13)6-8/h4-6H,7,14H2,1-3H3,(H,15,16). The van der Waals surface area contributed by atoms with Gasteiger partial charge in [-0.2, -0.15) is 0 Å². The van der Waals surface area contributed by atoms with Crippen LogP contribution in [0.3, 0.4) is 0 Å². The van der Waals surface area contributed by atoms with Crippen LogP contribution in [0.25, 0.3) is 0 Å². The monoisotopic (exact) mass is 256 g/mol. The lowest BCUT2D eigenvalue weighted by Gasteiger charge is -2.21. The van der Waals surface area contributed by atoms with E-state index in [-0.39, 0.29) is 12.5 Å². The molecular formula is C12H17ClN2O2. The second-order valence-corrected chi connectivity index (χ2v) is 4.80. The molecule has 0 aliphatic carbocycles. The molecule has 3 N–H and O–H groups in total. The van der Waals surface area contributed by atoms with Crippen molar-refractivity contribution >= 4 is 23.2 Å². The lowest BCUT2D eigenvalue weighted by molar-refractivity contribution is -0.123. The molecule has 0 saturated carbocycles. The molecule has 0 aliphatic heterocycles. The Morgan fingerprint density at radius 3 is 2.65 bits per heavy atom. The maximum Gasteiger partial charge on any atom is 0.231 e. The average molecular weight is 257 g/mol. The average Bonchev–Trinajstić information content (AvgIpc) is 2.29. The third-order valence-electron chi connectivity index (χ3n) is 2.53. The van der Waals surface area contributed by atoms with Gasteiger partial charge >= 0.3 is 0 Å². The Morgan fingerprint density at radius 1 is 1.53 bits per heavy atom. The SMILES string of the molecule is COc1ccc(NC(=O)C(C)(C)CN)cc1Cl. The Bertz CT molecular complexity index is 419. The molecule has 0 heterocycles. The van der Waals surface area contributed by atoms with Crippen LogP contribution in [0.2, 0.25) is 5.02 Å². The van der Waals surface area contributed by atoms with Crippen LogP contribution in [0.5, 0.6) is 5.75 Å². The van der Waals surface area contributed by atoms with E-state index in [0.29, 0.717) is 16.5 Å². The molecule has 0 saturated heterocycles. The van der Waals surface area contributed by atoms with Gasteiger partial charge in [-0.1, -0.05) is 11.6 Å². The molecule has 0 atom stereocenters. The number of methoxy groups -OCH3 is 1. The molecule has 4 nitrogen and oxygen atoms in total. The van der Waals surface area contributed by atoms with Crippen molar-refractivity contribution in [3.05, 3.63) is 23.2 Å². The van der Waals surface area contributed by atoms with Gasteiger partial charge in [0.25, 0.3) is 0 Å². The zero-order valence-corrected chi connectivity index (χ0v) is 11.0. The number of benzene rings is 1. The van der Waals surface area contributed by atoms with Crippen LogP contribution in [0.15, 0.2) is 18.2 Å². The maximum absolute atomic E-state index is 11.9. The Hall–Kier alpha value is -1.26. The molecule has 0 unspecified atom stereocenters. The van der Waals surface area contributed by atoms with Gasteiger partial charge < -0.3 is 15.8 Å². The summed E-state index contributed by atoms with van der Waals surface area (Å²) < 4.78 is 5.03. The van der Waals surface area contributed by atoms with Gasteiger partial charge in [-0.05, 0) is 32.0 Å². The Morgan fingerprint density at radius 2 is 2.18 bits per heavy atom. The van der Waals surface area contributed by atoms with Crippen molar-refractivity contribution in [2.24, 2.45) is 11.1 Å². The van der Waals surface area contributed by atoms with Gasteiger partial charge in [0.15, 0.2) is 0 Å². The normalized spacial score (nSPS) is 11.1. The van der Waals surface area contributed by atoms with Crippen LogP contribution < -0.4 is 15.8 Å². The minimum absolute atomic E-state index is 0.138. The molecule has 17 heavy (non-hydrogen) atoms. The summed E-state index contributed by atoms with van der Waals surface area (Å²) in [6, 6.07) is 5.08. The van der Waals surface area contributed by atoms with E-state index in [1.54, 1.807) is 32.0 Å². The van der Waals surface area contributed by atoms with E-state index in [1.807, 2.05) is 0 Å². The molecule has 0 fully saturated rings. The van der Waals surface area contributed by atoms with E-state index in [0.717, 1.165) is 0 Å². The van der Waals surface area contributed by atoms with Crippen molar-refractivity contribution in [1.82, 2.24) is 0 Å². The summed E-state index contributed by atoms with van der Waals surface area (Å²) in [5.74, 6) is 0.434. The van der Waals surface area contributed by atoms with Crippen LogP contribution in [0.1, 0.15) is 13.8 Å². The summed E-state index contributed by atoms with van der Waals surface area (Å²) in [7, 11) is 1.54. The maximum atomic E-state index is 11.9. The number of nitrogens with two attached hydrogens (primary N) is 1. The van der Waals surface area contributed by atoms with E-state index in [1.165, 1.54) is 7.11 Å². The summed E-state index contributed by atoms with van der Waals surface area (Å²) in [6.45, 7) is 3.85. The van der Waals surface area contributed by atoms with Gasteiger partial charge in [-0.15, -0.1) is 0 Å². The summed E-state index contributed by atoms with van der Waals surface area (Å²) in [5, 5.41) is 3.22. The number of rotatable bonds is 4. The molecule has 0 aliphatic rings. The third-order valence-corrected chi connectivity index (χ3v) is 2.83. The van der Waals surface area contributed by atoms with Gasteiger partial charge in [-0.25, -0.2) is 0 Å². The number of halogens is 1. The minimum atomic E-state index is -0.605. The summed E-state index contributed by atoms with van der Waals surface area (Å²) in [5.41, 5.74) is 5.55. The van der Waals surface area contributed by atoms with Gasteiger partial charge in [0.05, 0.1) is 17.5 Å². The number of carbonyl (C=O) groups is 1. The van der Waals surface area contributed by atoms with Crippen LogP contribution in [0, 0.1) is 5.41 Å². The molecule has 1 amide bonds. The Kier molecular flexibility index (Phi) is 4.37. The highest BCUT2D eigenvalue weighted by Crippen LogP contribution is 2.28. The topological polar surface area (TPSA) is 64.3 Å². The van der Waals surface area contributed by atoms with E-state index in [2.05, 4.69) is 5.32 Å². The first-order valence-corrected chi connectivity index (χ1v) is 5.63. The summed E-state index contributed by atoms with van der Waals surface area (Å²) in [6.07, 6.45) is 0. The van der Waals surface area contributed by atoms with E-state index < -0.39 is 5.41 Å². The van der Waals surface area contributed by atoms with E-state index >= 15 is 0 Å². The van der Waals surface area contributed by atoms with Gasteiger partial charge in [-0.3, -0.25) is 4.79 Å². The lowest BCUT2D eigenvalue weighted by atomic mass is 9.92. The van der Waals surface area contributed by atoms with Gasteiger partial charge in [0.2, 0.25) is 5.91 Å². The molecule has 1 rings (SSSR count). The highest BCUT2D eigenvalue weighted by atomic mass is 35.5. The predicted octanol–water partition coefficient (Wildman–Crippen LogP) is 2.27. The van der Waals surface area contributed by atoms with E-state index in [9.17, 15) is 4.79 Å². The zero-order chi connectivity index (χ0) is 13.1. The van der Waals surface area contributed by atoms with Gasteiger partial charge in [0, 0.05) is 12.2 Å². The number of amides is 1. The Labute approximate surface area is 106 Å². The minimum Gasteiger partial charge on any atom is -0.495 e. The van der Waals surface area contributed by atoms with Crippen LogP contribution in [0.4, 0.5) is 5.69 Å². The lowest BCUT2D eigenvalue weighted by Crippen LogP contribution is -2.37. The Balaban J connectivity index is 2.83. The molecule has 0 bridgehead atoms. The number of ether oxygens (including phenoxy) is 1. The highest BCUT2D eigenvalue weighted by molar-refractivity contribution is 6.32. The van der Waals surface area contributed by atoms with Crippen molar-refractivity contribution in [3.8, 4) is 5.75 Å². The van der Waals surface area contributed by atoms with Crippen molar-refractivity contribution in [2.75, 3.05) is 19.0 Å². The quantitative estimate of drug-likeness (QED) is 0.869. The molecule has 0 radical (unpaired) electrons. The van der Waals surface area contributed by atoms with Crippen LogP contribution in [-0.2, 0) is 4.79 Å². The molecule has 1 aromatic carbocycles. The smallest absolute Gasteiger partial charge is 0.231 e. The number of anilines is 1. The molecule has 1 aromatic rings. The van der Waals surface area contributed by atoms with Crippen molar-refractivity contribution in [3.63, 3.8) is 0 Å². The first-order valence-electron chi connectivity index (χ1n) is 5.26. The van der Waals surface area contributed by atoms with E-state index in [4.69, 9.17) is 22.1 Å². The number of hydrogen-bond donors (Lipinski definition) is 2. The number of carbonyl (C=O) groups excluding carboxylic acids is 1. The van der Waals surface area contributed by atoms with Crippen molar-refractivity contribution in [2.45, 2.75) is 13.8 Å². The number of nitrogens with one attached hydrogen (secondary N) is 1. The van der Waals surface area contributed by atoms with Crippen molar-refractivity contribution in [1.29, 1.82) is 0 Å². The fraction of sp³-hybridized carbons (Fsp3) is 0.417. The molecule has 94 valence electrons. The largest absolute Gasteiger partial charge is 0.495 e. The second kappa shape index (κ2) is 5.38. The summed E-state index contributed by atoms with van der Waals surface area (Å²) >= 11 is 5.96. The fourth-order valence-electron chi connectivity index (χ4n) is 1.14. The van der Waals surface area contributed by atoms with Gasteiger partial charge in [0.1, 0.15) is 5.75 Å². The first-order chi connectivity index (χ1) is 7.90. The molecular weight excluding hydrogens is 240 g/mol. The van der Waals surface area contributed by atoms with Crippen molar-refractivity contribution < 1.29 is 9.53 Å².